The molecule has 0 fully saturated rings. The number of sulfonamides is 1. The molecule has 0 radical (unpaired) electrons. The number of aliphatic hydroxyl groups is 1. The van der Waals surface area contributed by atoms with E-state index in [1.165, 1.54) is 15.6 Å². The normalized spacial score (nSPS) is 11.9. The van der Waals surface area contributed by atoms with Crippen molar-refractivity contribution in [3.8, 4) is 0 Å². The van der Waals surface area contributed by atoms with Gasteiger partial charge in [-0.15, -0.1) is 17.9 Å². The Morgan fingerprint density at radius 2 is 2.31 bits per heavy atom. The van der Waals surface area contributed by atoms with Crippen molar-refractivity contribution in [1.29, 1.82) is 0 Å². The lowest BCUT2D eigenvalue weighted by molar-refractivity contribution is 0.272. The molecular weight excluding hydrogens is 246 g/mol. The Hall–Kier alpha value is -0.690. The SMILES string of the molecule is C=CCN(CCCO)S(=O)(=O)c1cccs1. The van der Waals surface area contributed by atoms with Crippen molar-refractivity contribution in [2.45, 2.75) is 10.6 Å². The first-order valence-electron chi connectivity index (χ1n) is 4.88. The zero-order chi connectivity index (χ0) is 12.0. The van der Waals surface area contributed by atoms with Crippen LogP contribution in [0.15, 0.2) is 34.4 Å². The molecule has 0 atom stereocenters. The van der Waals surface area contributed by atoms with Crippen LogP contribution in [0.5, 0.6) is 0 Å². The monoisotopic (exact) mass is 261 g/mol. The van der Waals surface area contributed by atoms with Crippen LogP contribution in [0.1, 0.15) is 6.42 Å². The third kappa shape index (κ3) is 3.15. The maximum atomic E-state index is 12.1. The van der Waals surface area contributed by atoms with Gasteiger partial charge in [0.1, 0.15) is 4.21 Å². The van der Waals surface area contributed by atoms with Crippen molar-refractivity contribution in [2.75, 3.05) is 19.7 Å². The van der Waals surface area contributed by atoms with Crippen molar-refractivity contribution in [3.63, 3.8) is 0 Å². The van der Waals surface area contributed by atoms with Crippen molar-refractivity contribution in [2.24, 2.45) is 0 Å². The molecule has 1 aromatic rings. The molecule has 0 aliphatic carbocycles. The van der Waals surface area contributed by atoms with Gasteiger partial charge in [0.2, 0.25) is 0 Å². The molecule has 0 aliphatic rings. The lowest BCUT2D eigenvalue weighted by atomic mass is 10.4. The van der Waals surface area contributed by atoms with Gasteiger partial charge in [0.15, 0.2) is 0 Å². The average Bonchev–Trinajstić information content (AvgIpc) is 2.77. The zero-order valence-corrected chi connectivity index (χ0v) is 10.5. The maximum absolute atomic E-state index is 12.1. The molecule has 0 aliphatic heterocycles. The van der Waals surface area contributed by atoms with Gasteiger partial charge >= 0.3 is 0 Å². The van der Waals surface area contributed by atoms with Gasteiger partial charge in [0.05, 0.1) is 0 Å². The van der Waals surface area contributed by atoms with Gasteiger partial charge in [-0.25, -0.2) is 8.42 Å². The summed E-state index contributed by atoms with van der Waals surface area (Å²) >= 11 is 1.19. The topological polar surface area (TPSA) is 57.6 Å². The van der Waals surface area contributed by atoms with Crippen LogP contribution in [0, 0.1) is 0 Å². The lowest BCUT2D eigenvalue weighted by Crippen LogP contribution is -2.32. The summed E-state index contributed by atoms with van der Waals surface area (Å²) in [7, 11) is -3.42. The van der Waals surface area contributed by atoms with Gasteiger partial charge in [-0.3, -0.25) is 0 Å². The minimum Gasteiger partial charge on any atom is -0.396 e. The van der Waals surface area contributed by atoms with Crippen molar-refractivity contribution in [3.05, 3.63) is 30.2 Å². The molecule has 0 amide bonds. The number of rotatable bonds is 7. The van der Waals surface area contributed by atoms with E-state index in [-0.39, 0.29) is 13.2 Å². The molecule has 16 heavy (non-hydrogen) atoms. The summed E-state index contributed by atoms with van der Waals surface area (Å²) < 4.78 is 25.8. The third-order valence-corrected chi connectivity index (χ3v) is 5.23. The van der Waals surface area contributed by atoms with E-state index in [1.807, 2.05) is 0 Å². The molecule has 4 nitrogen and oxygen atoms in total. The second-order valence-electron chi connectivity index (χ2n) is 3.16. The zero-order valence-electron chi connectivity index (χ0n) is 8.87. The molecule has 6 heteroatoms. The molecule has 1 N–H and O–H groups in total. The minimum atomic E-state index is -3.42. The Labute approximate surface area is 99.9 Å². The van der Waals surface area contributed by atoms with Crippen molar-refractivity contribution in [1.82, 2.24) is 4.31 Å². The Kier molecular flexibility index (Phi) is 5.14. The highest BCUT2D eigenvalue weighted by molar-refractivity contribution is 7.91. The molecular formula is C10H15NO3S2. The first kappa shape index (κ1) is 13.4. The van der Waals surface area contributed by atoms with Gasteiger partial charge in [0, 0.05) is 19.7 Å². The second-order valence-corrected chi connectivity index (χ2v) is 6.27. The molecule has 1 heterocycles. The predicted molar refractivity (Wildman–Crippen MR) is 65.0 cm³/mol. The summed E-state index contributed by atoms with van der Waals surface area (Å²) in [5, 5.41) is 10.5. The number of hydrogen-bond acceptors (Lipinski definition) is 4. The molecule has 1 rings (SSSR count). The number of aliphatic hydroxyl groups excluding tert-OH is 1. The Morgan fingerprint density at radius 1 is 1.56 bits per heavy atom. The molecule has 90 valence electrons. The van der Waals surface area contributed by atoms with Gasteiger partial charge in [-0.1, -0.05) is 12.1 Å². The summed E-state index contributed by atoms with van der Waals surface area (Å²) in [6.07, 6.45) is 1.97. The van der Waals surface area contributed by atoms with E-state index >= 15 is 0 Å². The standard InChI is InChI=1S/C10H15NO3S2/c1-2-6-11(7-4-8-12)16(13,14)10-5-3-9-15-10/h2-3,5,9,12H,1,4,6-8H2. The lowest BCUT2D eigenvalue weighted by Gasteiger charge is -2.19. The van der Waals surface area contributed by atoms with E-state index in [2.05, 4.69) is 6.58 Å². The largest absolute Gasteiger partial charge is 0.396 e. The first-order chi connectivity index (χ1) is 7.62. The number of nitrogens with zero attached hydrogens (tertiary/aromatic N) is 1. The fourth-order valence-corrected chi connectivity index (χ4v) is 3.83. The molecule has 0 spiro atoms. The van der Waals surface area contributed by atoms with Crippen LogP contribution < -0.4 is 0 Å². The van der Waals surface area contributed by atoms with Gasteiger partial charge < -0.3 is 5.11 Å². The molecule has 0 saturated heterocycles. The fraction of sp³-hybridized carbons (Fsp3) is 0.400. The summed E-state index contributed by atoms with van der Waals surface area (Å²) in [5.74, 6) is 0. The van der Waals surface area contributed by atoms with E-state index in [0.717, 1.165) is 0 Å². The van der Waals surface area contributed by atoms with Gasteiger partial charge in [0.25, 0.3) is 10.0 Å². The maximum Gasteiger partial charge on any atom is 0.252 e. The highest BCUT2D eigenvalue weighted by Gasteiger charge is 2.23. The smallest absolute Gasteiger partial charge is 0.252 e. The Balaban J connectivity index is 2.88. The van der Waals surface area contributed by atoms with Crippen LogP contribution in [0.25, 0.3) is 0 Å². The van der Waals surface area contributed by atoms with E-state index in [0.29, 0.717) is 17.2 Å². The quantitative estimate of drug-likeness (QED) is 0.753. The van der Waals surface area contributed by atoms with Crippen molar-refractivity contribution >= 4 is 21.4 Å². The molecule has 0 aromatic carbocycles. The van der Waals surface area contributed by atoms with E-state index in [1.54, 1.807) is 23.6 Å². The molecule has 1 aromatic heterocycles. The summed E-state index contributed by atoms with van der Waals surface area (Å²) in [5.41, 5.74) is 0. The third-order valence-electron chi connectivity index (χ3n) is 1.99. The number of thiophene rings is 1. The van der Waals surface area contributed by atoms with Gasteiger partial charge in [-0.05, 0) is 17.9 Å². The minimum absolute atomic E-state index is 0.0202. The van der Waals surface area contributed by atoms with Crippen LogP contribution in [0.4, 0.5) is 0 Å². The highest BCUT2D eigenvalue weighted by atomic mass is 32.2. The fourth-order valence-electron chi connectivity index (χ4n) is 1.24. The van der Waals surface area contributed by atoms with Crippen molar-refractivity contribution < 1.29 is 13.5 Å². The predicted octanol–water partition coefficient (Wildman–Crippen LogP) is 1.31. The molecule has 0 saturated carbocycles. The summed E-state index contributed by atoms with van der Waals surface area (Å²) in [4.78, 5) is 0. The molecule has 0 unspecified atom stereocenters. The van der Waals surface area contributed by atoms with Crippen LogP contribution in [-0.2, 0) is 10.0 Å². The van der Waals surface area contributed by atoms with Crippen LogP contribution in [0.2, 0.25) is 0 Å². The van der Waals surface area contributed by atoms with E-state index < -0.39 is 10.0 Å². The van der Waals surface area contributed by atoms with E-state index in [4.69, 9.17) is 5.11 Å². The molecule has 0 bridgehead atoms. The number of hydrogen-bond donors (Lipinski definition) is 1. The summed E-state index contributed by atoms with van der Waals surface area (Å²) in [6.45, 7) is 4.09. The van der Waals surface area contributed by atoms with Crippen LogP contribution in [-0.4, -0.2) is 37.5 Å². The highest BCUT2D eigenvalue weighted by Crippen LogP contribution is 2.20. The average molecular weight is 261 g/mol. The summed E-state index contributed by atoms with van der Waals surface area (Å²) in [6, 6.07) is 3.28. The van der Waals surface area contributed by atoms with E-state index in [9.17, 15) is 8.42 Å². The van der Waals surface area contributed by atoms with Crippen LogP contribution >= 0.6 is 11.3 Å². The van der Waals surface area contributed by atoms with Crippen LogP contribution in [0.3, 0.4) is 0 Å². The Morgan fingerprint density at radius 3 is 2.81 bits per heavy atom. The second kappa shape index (κ2) is 6.15. The Bertz CT molecular complexity index is 411. The van der Waals surface area contributed by atoms with Gasteiger partial charge in [-0.2, -0.15) is 4.31 Å². The first-order valence-corrected chi connectivity index (χ1v) is 7.20.